The maximum absolute atomic E-state index is 12.1. The molecule has 3 rings (SSSR count). The van der Waals surface area contributed by atoms with Gasteiger partial charge in [-0.25, -0.2) is 4.98 Å². The number of amides is 1. The number of nitrogens with zero attached hydrogens (tertiary/aromatic N) is 1. The van der Waals surface area contributed by atoms with Crippen molar-refractivity contribution < 1.29 is 9.90 Å². The Morgan fingerprint density at radius 3 is 2.95 bits per heavy atom. The van der Waals surface area contributed by atoms with Crippen molar-refractivity contribution in [2.45, 2.75) is 6.92 Å². The number of benzene rings is 1. The van der Waals surface area contributed by atoms with Gasteiger partial charge < -0.3 is 10.1 Å². The van der Waals surface area contributed by atoms with Gasteiger partial charge in [0.05, 0.1) is 17.0 Å². The van der Waals surface area contributed by atoms with E-state index in [0.29, 0.717) is 5.13 Å². The molecule has 0 radical (unpaired) electrons. The van der Waals surface area contributed by atoms with Crippen molar-refractivity contribution >= 4 is 22.4 Å². The number of anilines is 1. The van der Waals surface area contributed by atoms with E-state index in [0.717, 1.165) is 17.0 Å². The van der Waals surface area contributed by atoms with E-state index in [1.54, 1.807) is 18.2 Å². The second-order valence-electron chi connectivity index (χ2n) is 4.60. The zero-order valence-electron chi connectivity index (χ0n) is 11.3. The number of carbonyl (C=O) groups is 1. The van der Waals surface area contributed by atoms with Crippen LogP contribution in [-0.4, -0.2) is 21.0 Å². The Kier molecular flexibility index (Phi) is 3.45. The SMILES string of the molecule is Cc1ccc(C(=O)Nc2nc(-c3ccc[nH]3)cs2)c(O)c1. The molecule has 1 aromatic carbocycles. The average molecular weight is 299 g/mol. The minimum Gasteiger partial charge on any atom is -0.507 e. The van der Waals surface area contributed by atoms with Crippen LogP contribution in [0.15, 0.2) is 41.9 Å². The van der Waals surface area contributed by atoms with Crippen LogP contribution in [0.3, 0.4) is 0 Å². The molecular formula is C15H13N3O2S. The minimum atomic E-state index is -0.375. The number of nitrogens with one attached hydrogen (secondary N) is 2. The van der Waals surface area contributed by atoms with Gasteiger partial charge in [0.1, 0.15) is 5.75 Å². The van der Waals surface area contributed by atoms with Crippen LogP contribution in [0, 0.1) is 6.92 Å². The second kappa shape index (κ2) is 5.41. The van der Waals surface area contributed by atoms with Crippen molar-refractivity contribution in [2.24, 2.45) is 0 Å². The van der Waals surface area contributed by atoms with Crippen LogP contribution in [-0.2, 0) is 0 Å². The Morgan fingerprint density at radius 1 is 1.38 bits per heavy atom. The van der Waals surface area contributed by atoms with Crippen molar-refractivity contribution in [3.8, 4) is 17.1 Å². The van der Waals surface area contributed by atoms with E-state index in [2.05, 4.69) is 15.3 Å². The topological polar surface area (TPSA) is 78.0 Å². The van der Waals surface area contributed by atoms with Gasteiger partial charge in [0, 0.05) is 11.6 Å². The maximum atomic E-state index is 12.1. The molecule has 0 fully saturated rings. The zero-order chi connectivity index (χ0) is 14.8. The van der Waals surface area contributed by atoms with Crippen LogP contribution >= 0.6 is 11.3 Å². The molecule has 106 valence electrons. The van der Waals surface area contributed by atoms with E-state index in [1.165, 1.54) is 11.3 Å². The number of hydrogen-bond donors (Lipinski definition) is 3. The van der Waals surface area contributed by atoms with Crippen LogP contribution in [0.2, 0.25) is 0 Å². The predicted octanol–water partition coefficient (Wildman–Crippen LogP) is 3.40. The molecule has 6 heteroatoms. The summed E-state index contributed by atoms with van der Waals surface area (Å²) < 4.78 is 0. The molecule has 0 spiro atoms. The summed E-state index contributed by atoms with van der Waals surface area (Å²) in [4.78, 5) is 19.5. The fraction of sp³-hybridized carbons (Fsp3) is 0.0667. The largest absolute Gasteiger partial charge is 0.507 e. The minimum absolute atomic E-state index is 0.0337. The summed E-state index contributed by atoms with van der Waals surface area (Å²) in [7, 11) is 0. The van der Waals surface area contributed by atoms with Crippen molar-refractivity contribution in [3.05, 3.63) is 53.0 Å². The number of aromatic nitrogens is 2. The quantitative estimate of drug-likeness (QED) is 0.693. The van der Waals surface area contributed by atoms with Gasteiger partial charge in [-0.3, -0.25) is 10.1 Å². The Balaban J connectivity index is 1.79. The lowest BCUT2D eigenvalue weighted by molar-refractivity contribution is 0.102. The van der Waals surface area contributed by atoms with Gasteiger partial charge in [-0.15, -0.1) is 11.3 Å². The third kappa shape index (κ3) is 2.80. The normalized spacial score (nSPS) is 10.5. The molecule has 0 unspecified atom stereocenters. The number of H-pyrrole nitrogens is 1. The smallest absolute Gasteiger partial charge is 0.261 e. The summed E-state index contributed by atoms with van der Waals surface area (Å²) in [6, 6.07) is 8.73. The number of phenols is 1. The van der Waals surface area contributed by atoms with Crippen molar-refractivity contribution in [2.75, 3.05) is 5.32 Å². The van der Waals surface area contributed by atoms with E-state index in [-0.39, 0.29) is 17.2 Å². The monoisotopic (exact) mass is 299 g/mol. The molecule has 0 aliphatic heterocycles. The summed E-state index contributed by atoms with van der Waals surface area (Å²) in [6.45, 7) is 1.85. The van der Waals surface area contributed by atoms with E-state index in [1.807, 2.05) is 30.6 Å². The number of aromatic amines is 1. The van der Waals surface area contributed by atoms with Gasteiger partial charge in [0.2, 0.25) is 0 Å². The summed E-state index contributed by atoms with van der Waals surface area (Å²) in [5.41, 5.74) is 2.79. The number of carbonyl (C=O) groups excluding carboxylic acids is 1. The first-order valence-electron chi connectivity index (χ1n) is 6.34. The van der Waals surface area contributed by atoms with Crippen molar-refractivity contribution in [1.29, 1.82) is 0 Å². The predicted molar refractivity (Wildman–Crippen MR) is 82.7 cm³/mol. The van der Waals surface area contributed by atoms with Gasteiger partial charge in [-0.2, -0.15) is 0 Å². The molecule has 0 saturated carbocycles. The summed E-state index contributed by atoms with van der Waals surface area (Å²) in [5, 5.41) is 14.9. The van der Waals surface area contributed by atoms with Crippen molar-refractivity contribution in [3.63, 3.8) is 0 Å². The standard InChI is InChI=1S/C15H13N3O2S/c1-9-4-5-10(13(19)7-9)14(20)18-15-17-12(8-21-15)11-3-2-6-16-11/h2-8,16,19H,1H3,(H,17,18,20). The lowest BCUT2D eigenvalue weighted by Crippen LogP contribution is -2.11. The summed E-state index contributed by atoms with van der Waals surface area (Å²) >= 11 is 1.34. The second-order valence-corrected chi connectivity index (χ2v) is 5.45. The number of phenolic OH excluding ortho intramolecular Hbond substituents is 1. The lowest BCUT2D eigenvalue weighted by Gasteiger charge is -2.04. The first-order valence-corrected chi connectivity index (χ1v) is 7.22. The Bertz CT molecular complexity index is 778. The number of aromatic hydroxyl groups is 1. The molecule has 5 nitrogen and oxygen atoms in total. The first-order chi connectivity index (χ1) is 10.1. The van der Waals surface area contributed by atoms with Gasteiger partial charge in [-0.05, 0) is 36.8 Å². The van der Waals surface area contributed by atoms with Gasteiger partial charge >= 0.3 is 0 Å². The van der Waals surface area contributed by atoms with Gasteiger partial charge in [0.25, 0.3) is 5.91 Å². The molecule has 3 N–H and O–H groups in total. The third-order valence-electron chi connectivity index (χ3n) is 3.00. The van der Waals surface area contributed by atoms with E-state index in [9.17, 15) is 9.90 Å². The molecule has 3 aromatic rings. The van der Waals surface area contributed by atoms with E-state index >= 15 is 0 Å². The lowest BCUT2D eigenvalue weighted by atomic mass is 10.1. The summed E-state index contributed by atoms with van der Waals surface area (Å²) in [5.74, 6) is -0.409. The fourth-order valence-electron chi connectivity index (χ4n) is 1.94. The highest BCUT2D eigenvalue weighted by Gasteiger charge is 2.13. The highest BCUT2D eigenvalue weighted by molar-refractivity contribution is 7.14. The molecule has 2 heterocycles. The fourth-order valence-corrected chi connectivity index (χ4v) is 2.65. The van der Waals surface area contributed by atoms with Gasteiger partial charge in [0.15, 0.2) is 5.13 Å². The van der Waals surface area contributed by atoms with Crippen LogP contribution < -0.4 is 5.32 Å². The zero-order valence-corrected chi connectivity index (χ0v) is 12.1. The Morgan fingerprint density at radius 2 is 2.24 bits per heavy atom. The average Bonchev–Trinajstić information content (AvgIpc) is 3.08. The molecule has 1 amide bonds. The van der Waals surface area contributed by atoms with Gasteiger partial charge in [-0.1, -0.05) is 6.07 Å². The van der Waals surface area contributed by atoms with E-state index in [4.69, 9.17) is 0 Å². The number of thiazole rings is 1. The maximum Gasteiger partial charge on any atom is 0.261 e. The molecular weight excluding hydrogens is 286 g/mol. The Hall–Kier alpha value is -2.60. The number of hydrogen-bond acceptors (Lipinski definition) is 4. The number of aryl methyl sites for hydroxylation is 1. The molecule has 21 heavy (non-hydrogen) atoms. The molecule has 0 atom stereocenters. The van der Waals surface area contributed by atoms with Crippen LogP contribution in [0.1, 0.15) is 15.9 Å². The van der Waals surface area contributed by atoms with E-state index < -0.39 is 0 Å². The van der Waals surface area contributed by atoms with Crippen LogP contribution in [0.4, 0.5) is 5.13 Å². The first kappa shape index (κ1) is 13.4. The molecule has 0 aliphatic rings. The molecule has 0 bridgehead atoms. The molecule has 0 aliphatic carbocycles. The van der Waals surface area contributed by atoms with Crippen LogP contribution in [0.25, 0.3) is 11.4 Å². The molecule has 2 aromatic heterocycles. The Labute approximate surface area is 125 Å². The number of rotatable bonds is 3. The summed E-state index contributed by atoms with van der Waals surface area (Å²) in [6.07, 6.45) is 1.82. The highest BCUT2D eigenvalue weighted by atomic mass is 32.1. The highest BCUT2D eigenvalue weighted by Crippen LogP contribution is 2.25. The van der Waals surface area contributed by atoms with Crippen LogP contribution in [0.5, 0.6) is 5.75 Å². The third-order valence-corrected chi connectivity index (χ3v) is 3.75. The molecule has 0 saturated heterocycles. The van der Waals surface area contributed by atoms with Crippen molar-refractivity contribution in [1.82, 2.24) is 9.97 Å².